The number of rotatable bonds is 3. The Bertz CT molecular complexity index is 961. The molecule has 0 amide bonds. The molecule has 0 aliphatic heterocycles. The van der Waals surface area contributed by atoms with E-state index in [0.717, 1.165) is 18.4 Å². The second-order valence-electron chi connectivity index (χ2n) is 11.5. The van der Waals surface area contributed by atoms with Crippen molar-refractivity contribution in [3.63, 3.8) is 0 Å². The number of fused-ring (bicyclic) bond motifs is 2. The lowest BCUT2D eigenvalue weighted by Gasteiger charge is -2.54. The van der Waals surface area contributed by atoms with Crippen LogP contribution in [0.4, 0.5) is 0 Å². The van der Waals surface area contributed by atoms with Crippen LogP contribution in [-0.2, 0) is 11.2 Å². The van der Waals surface area contributed by atoms with Crippen LogP contribution >= 0.6 is 23.2 Å². The van der Waals surface area contributed by atoms with Gasteiger partial charge in [-0.25, -0.2) is 0 Å². The van der Waals surface area contributed by atoms with Crippen molar-refractivity contribution < 1.29 is 9.90 Å². The Labute approximate surface area is 221 Å². The third kappa shape index (κ3) is 4.87. The first-order valence-electron chi connectivity index (χ1n) is 14.0. The highest BCUT2D eigenvalue weighted by Crippen LogP contribution is 2.63. The summed E-state index contributed by atoms with van der Waals surface area (Å²) in [5.74, 6) is 0.404. The molecule has 1 N–H and O–H groups in total. The molecule has 0 radical (unpaired) electrons. The Hall–Kier alpha value is -1.25. The van der Waals surface area contributed by atoms with Crippen LogP contribution in [0, 0.1) is 17.3 Å². The Morgan fingerprint density at radius 1 is 0.743 bits per heavy atom. The van der Waals surface area contributed by atoms with Gasteiger partial charge in [0.05, 0.1) is 5.92 Å². The molecule has 3 fully saturated rings. The maximum Gasteiger partial charge on any atom is 0.310 e. The van der Waals surface area contributed by atoms with Gasteiger partial charge in [-0.05, 0) is 98.0 Å². The van der Waals surface area contributed by atoms with Crippen molar-refractivity contribution in [3.05, 3.63) is 58.7 Å². The summed E-state index contributed by atoms with van der Waals surface area (Å²) in [6, 6.07) is 7.79. The lowest BCUT2D eigenvalue weighted by atomic mass is 9.55. The molecule has 6 rings (SSSR count). The van der Waals surface area contributed by atoms with Crippen LogP contribution in [0.1, 0.15) is 107 Å². The highest BCUT2D eigenvalue weighted by atomic mass is 35.5. The van der Waals surface area contributed by atoms with E-state index in [-0.39, 0.29) is 11.3 Å². The van der Waals surface area contributed by atoms with Crippen LogP contribution in [0.3, 0.4) is 0 Å². The molecule has 4 heteroatoms. The highest BCUT2D eigenvalue weighted by Gasteiger charge is 2.57. The Morgan fingerprint density at radius 3 is 1.91 bits per heavy atom. The van der Waals surface area contributed by atoms with Gasteiger partial charge >= 0.3 is 5.97 Å². The molecule has 1 atom stereocenters. The summed E-state index contributed by atoms with van der Waals surface area (Å²) in [6.45, 7) is 0. The topological polar surface area (TPSA) is 37.3 Å². The van der Waals surface area contributed by atoms with Gasteiger partial charge in [0.25, 0.3) is 0 Å². The molecular weight excluding hydrogens is 475 g/mol. The summed E-state index contributed by atoms with van der Waals surface area (Å²) in [5.41, 5.74) is 5.25. The summed E-state index contributed by atoms with van der Waals surface area (Å²) in [7, 11) is 0. The normalized spacial score (nSPS) is 27.7. The van der Waals surface area contributed by atoms with Gasteiger partial charge in [0.15, 0.2) is 0 Å². The second-order valence-corrected chi connectivity index (χ2v) is 12.9. The van der Waals surface area contributed by atoms with E-state index in [4.69, 9.17) is 28.3 Å². The summed E-state index contributed by atoms with van der Waals surface area (Å²) in [6.07, 6.45) is 23.8. The van der Waals surface area contributed by atoms with Crippen LogP contribution in [0.2, 0.25) is 0 Å². The second kappa shape index (κ2) is 10.6. The maximum atomic E-state index is 10.8. The van der Waals surface area contributed by atoms with Crippen molar-refractivity contribution >= 4 is 29.2 Å². The van der Waals surface area contributed by atoms with E-state index in [9.17, 15) is 4.79 Å². The number of hydrogen-bond donors (Lipinski definition) is 1. The fourth-order valence-corrected chi connectivity index (χ4v) is 8.93. The van der Waals surface area contributed by atoms with Crippen molar-refractivity contribution in [3.8, 4) is 0 Å². The summed E-state index contributed by atoms with van der Waals surface area (Å²) in [5, 5.41) is 8.86. The van der Waals surface area contributed by atoms with Gasteiger partial charge in [-0.1, -0.05) is 92.1 Å². The zero-order valence-electron chi connectivity index (χ0n) is 20.9. The number of hydrogen-bond acceptors (Lipinski definition) is 1. The van der Waals surface area contributed by atoms with E-state index in [1.807, 2.05) is 24.3 Å². The minimum absolute atomic E-state index is 0.000123. The van der Waals surface area contributed by atoms with E-state index < -0.39 is 10.3 Å². The van der Waals surface area contributed by atoms with E-state index in [0.29, 0.717) is 11.8 Å². The van der Waals surface area contributed by atoms with Crippen LogP contribution in [0.5, 0.6) is 0 Å². The van der Waals surface area contributed by atoms with Crippen LogP contribution in [0.15, 0.2) is 47.6 Å². The number of carboxylic acids is 1. The number of aliphatic carboxylic acids is 1. The molecule has 5 aliphatic carbocycles. The lowest BCUT2D eigenvalue weighted by molar-refractivity contribution is -0.138. The molecule has 5 aliphatic rings. The van der Waals surface area contributed by atoms with E-state index in [1.165, 1.54) is 94.6 Å². The molecule has 1 aromatic carbocycles. The third-order valence-electron chi connectivity index (χ3n) is 9.64. The predicted octanol–water partition coefficient (Wildman–Crippen LogP) is 9.16. The first-order chi connectivity index (χ1) is 16.9. The molecule has 0 bridgehead atoms. The quantitative estimate of drug-likeness (QED) is 0.408. The number of alkyl halides is 2. The average Bonchev–Trinajstić information content (AvgIpc) is 3.50. The fourth-order valence-electron chi connectivity index (χ4n) is 7.94. The van der Waals surface area contributed by atoms with Gasteiger partial charge in [-0.2, -0.15) is 0 Å². The van der Waals surface area contributed by atoms with Gasteiger partial charge in [-0.3, -0.25) is 4.79 Å². The molecule has 190 valence electrons. The molecule has 1 unspecified atom stereocenters. The van der Waals surface area contributed by atoms with Crippen molar-refractivity contribution in [2.75, 3.05) is 0 Å². The first kappa shape index (κ1) is 25.4. The van der Waals surface area contributed by atoms with Crippen molar-refractivity contribution in [1.82, 2.24) is 0 Å². The van der Waals surface area contributed by atoms with Crippen LogP contribution in [0.25, 0.3) is 0 Å². The van der Waals surface area contributed by atoms with Crippen molar-refractivity contribution in [2.45, 2.75) is 107 Å². The van der Waals surface area contributed by atoms with Crippen molar-refractivity contribution in [2.24, 2.45) is 17.3 Å². The van der Waals surface area contributed by atoms with Gasteiger partial charge in [-0.15, -0.1) is 0 Å². The molecule has 3 saturated carbocycles. The number of aryl methyl sites for hydroxylation is 1. The Balaban J connectivity index is 0.000000178. The third-order valence-corrected chi connectivity index (χ3v) is 10.5. The van der Waals surface area contributed by atoms with Gasteiger partial charge < -0.3 is 5.11 Å². The largest absolute Gasteiger partial charge is 0.481 e. The summed E-state index contributed by atoms with van der Waals surface area (Å²) < 4.78 is -0.694. The van der Waals surface area contributed by atoms with E-state index in [1.54, 1.807) is 5.57 Å². The molecule has 35 heavy (non-hydrogen) atoms. The van der Waals surface area contributed by atoms with Crippen LogP contribution < -0.4 is 0 Å². The SMILES string of the molecule is ClC1(Cl)C=C2CCCC2=CC1(C1CCCCC1)C1CCCCC1.O=C(O)C1CCc2ccccc21. The molecule has 1 aromatic rings. The van der Waals surface area contributed by atoms with Gasteiger partial charge in [0.2, 0.25) is 0 Å². The first-order valence-corrected chi connectivity index (χ1v) is 14.8. The zero-order valence-corrected chi connectivity index (χ0v) is 22.4. The highest BCUT2D eigenvalue weighted by molar-refractivity contribution is 6.50. The number of halogens is 2. The van der Waals surface area contributed by atoms with Crippen LogP contribution in [-0.4, -0.2) is 15.4 Å². The van der Waals surface area contributed by atoms with E-state index in [2.05, 4.69) is 12.2 Å². The summed E-state index contributed by atoms with van der Waals surface area (Å²) >= 11 is 14.3. The maximum absolute atomic E-state index is 10.8. The molecule has 2 nitrogen and oxygen atoms in total. The Kier molecular flexibility index (Phi) is 7.71. The standard InChI is InChI=1S/C21H30Cl2.C10H10O2/c22-21(23)15-17-9-7-8-16(17)14-20(21,18-10-3-1-4-11-18)19-12-5-2-6-13-19;11-10(12)9-6-5-7-3-1-2-4-8(7)9/h14-15,18-19H,1-13H2;1-4,9H,5-6H2,(H,11,12). The molecule has 0 spiro atoms. The van der Waals surface area contributed by atoms with E-state index >= 15 is 0 Å². The molecular formula is C31H40Cl2O2. The average molecular weight is 516 g/mol. The molecule has 0 aromatic heterocycles. The van der Waals surface area contributed by atoms with Gasteiger partial charge in [0.1, 0.15) is 4.33 Å². The zero-order chi connectivity index (χ0) is 24.5. The summed E-state index contributed by atoms with van der Waals surface area (Å²) in [4.78, 5) is 10.8. The minimum Gasteiger partial charge on any atom is -0.481 e. The lowest BCUT2D eigenvalue weighted by Crippen LogP contribution is -2.51. The number of allylic oxidation sites excluding steroid dienone is 4. The fraction of sp³-hybridized carbons (Fsp3) is 0.645. The minimum atomic E-state index is -0.694. The number of carbonyl (C=O) groups is 1. The molecule has 0 heterocycles. The monoisotopic (exact) mass is 514 g/mol. The predicted molar refractivity (Wildman–Crippen MR) is 145 cm³/mol. The van der Waals surface area contributed by atoms with Crippen molar-refractivity contribution in [1.29, 1.82) is 0 Å². The number of benzene rings is 1. The smallest absolute Gasteiger partial charge is 0.310 e. The molecule has 0 saturated heterocycles. The number of carboxylic acid groups (broad SMARTS) is 1. The van der Waals surface area contributed by atoms with Gasteiger partial charge in [0, 0.05) is 5.41 Å². The Morgan fingerprint density at radius 2 is 1.31 bits per heavy atom.